The van der Waals surface area contributed by atoms with Crippen molar-refractivity contribution in [2.24, 2.45) is 0 Å². The summed E-state index contributed by atoms with van der Waals surface area (Å²) >= 11 is 0. The summed E-state index contributed by atoms with van der Waals surface area (Å²) in [6, 6.07) is 3.79. The minimum atomic E-state index is -4.80. The van der Waals surface area contributed by atoms with Gasteiger partial charge in [0, 0.05) is 0 Å². The molecule has 5 nitrogen and oxygen atoms in total. The van der Waals surface area contributed by atoms with Gasteiger partial charge < -0.3 is 15.2 Å². The molecule has 0 saturated heterocycles. The molecule has 0 spiro atoms. The van der Waals surface area contributed by atoms with E-state index in [2.05, 4.69) is 10.1 Å². The highest BCUT2D eigenvalue weighted by Crippen LogP contribution is 2.28. The maximum atomic E-state index is 12.4. The Kier molecular flexibility index (Phi) is 6.61. The third-order valence-corrected chi connectivity index (χ3v) is 3.59. The van der Waals surface area contributed by atoms with E-state index in [1.54, 1.807) is 32.9 Å². The minimum Gasteiger partial charge on any atom is -0.480 e. The first-order valence-corrected chi connectivity index (χ1v) is 7.48. The number of hydrogen-bond donors (Lipinski definition) is 2. The fraction of sp³-hybridized carbons (Fsp3) is 0.412. The smallest absolute Gasteiger partial charge is 0.480 e. The average Bonchev–Trinajstić information content (AvgIpc) is 2.49. The third kappa shape index (κ3) is 6.13. The normalized spacial score (nSPS) is 13.5. The number of hydrogen-bond acceptors (Lipinski definition) is 3. The molecule has 0 aliphatic rings. The molecule has 1 rings (SSSR count). The van der Waals surface area contributed by atoms with Crippen LogP contribution in [0.25, 0.3) is 0 Å². The van der Waals surface area contributed by atoms with Gasteiger partial charge in [0.05, 0.1) is 5.41 Å². The van der Waals surface area contributed by atoms with Gasteiger partial charge in [-0.3, -0.25) is 4.79 Å². The van der Waals surface area contributed by atoms with Crippen molar-refractivity contribution in [3.63, 3.8) is 0 Å². The summed E-state index contributed by atoms with van der Waals surface area (Å²) in [6.45, 7) is 4.84. The maximum Gasteiger partial charge on any atom is 0.573 e. The van der Waals surface area contributed by atoms with E-state index in [4.69, 9.17) is 5.11 Å². The molecule has 138 valence electrons. The highest BCUT2D eigenvalue weighted by molar-refractivity contribution is 5.90. The number of amides is 1. The number of carbonyl (C=O) groups is 2. The summed E-state index contributed by atoms with van der Waals surface area (Å²) in [6.07, 6.45) is -1.37. The van der Waals surface area contributed by atoms with Crippen molar-refractivity contribution in [3.05, 3.63) is 42.0 Å². The van der Waals surface area contributed by atoms with Gasteiger partial charge in [0.15, 0.2) is 0 Å². The van der Waals surface area contributed by atoms with E-state index in [-0.39, 0.29) is 6.42 Å². The lowest BCUT2D eigenvalue weighted by Gasteiger charge is -2.26. The largest absolute Gasteiger partial charge is 0.573 e. The Morgan fingerprint density at radius 3 is 2.24 bits per heavy atom. The standard InChI is InChI=1S/C17H20F3NO4/c1-4-5-6-13(14(22)23)21-15(24)16(2,3)11-7-9-12(10-8-11)25-17(18,19)20/h4-5,7-10,13H,6H2,1-3H3,(H,21,24)(H,22,23)/b5-4+. The molecule has 0 aliphatic carbocycles. The van der Waals surface area contributed by atoms with Crippen molar-refractivity contribution in [2.75, 3.05) is 0 Å². The van der Waals surface area contributed by atoms with Crippen LogP contribution in [0.2, 0.25) is 0 Å². The summed E-state index contributed by atoms with van der Waals surface area (Å²) in [5.74, 6) is -2.12. The number of carboxylic acid groups (broad SMARTS) is 1. The Morgan fingerprint density at radius 2 is 1.80 bits per heavy atom. The second-order valence-electron chi connectivity index (χ2n) is 5.87. The number of halogens is 3. The zero-order valence-electron chi connectivity index (χ0n) is 14.1. The minimum absolute atomic E-state index is 0.131. The van der Waals surface area contributed by atoms with Crippen molar-refractivity contribution in [2.45, 2.75) is 45.0 Å². The van der Waals surface area contributed by atoms with Crippen molar-refractivity contribution in [3.8, 4) is 5.75 Å². The molecule has 0 aliphatic heterocycles. The second kappa shape index (κ2) is 8.04. The van der Waals surface area contributed by atoms with Gasteiger partial charge in [-0.1, -0.05) is 24.3 Å². The molecule has 0 heterocycles. The Bertz CT molecular complexity index is 636. The summed E-state index contributed by atoms with van der Waals surface area (Å²) in [7, 11) is 0. The van der Waals surface area contributed by atoms with Gasteiger partial charge in [0.2, 0.25) is 5.91 Å². The number of ether oxygens (including phenoxy) is 1. The van der Waals surface area contributed by atoms with Crippen LogP contribution in [-0.2, 0) is 15.0 Å². The van der Waals surface area contributed by atoms with E-state index in [1.807, 2.05) is 0 Å². The number of alkyl halides is 3. The Labute approximate surface area is 143 Å². The molecule has 1 aromatic carbocycles. The van der Waals surface area contributed by atoms with Gasteiger partial charge in [0.1, 0.15) is 11.8 Å². The summed E-state index contributed by atoms with van der Waals surface area (Å²) < 4.78 is 40.3. The highest BCUT2D eigenvalue weighted by atomic mass is 19.4. The van der Waals surface area contributed by atoms with Crippen LogP contribution in [0.4, 0.5) is 13.2 Å². The van der Waals surface area contributed by atoms with Crippen LogP contribution in [0.1, 0.15) is 32.8 Å². The first kappa shape index (κ1) is 20.5. The predicted molar refractivity (Wildman–Crippen MR) is 85.1 cm³/mol. The molecule has 1 amide bonds. The van der Waals surface area contributed by atoms with Gasteiger partial charge >= 0.3 is 12.3 Å². The van der Waals surface area contributed by atoms with Crippen LogP contribution in [0.5, 0.6) is 5.75 Å². The average molecular weight is 359 g/mol. The molecule has 0 bridgehead atoms. The van der Waals surface area contributed by atoms with Crippen molar-refractivity contribution in [1.82, 2.24) is 5.32 Å². The summed E-state index contributed by atoms with van der Waals surface area (Å²) in [4.78, 5) is 23.7. The molecular weight excluding hydrogens is 339 g/mol. The SMILES string of the molecule is C/C=C/CC(NC(=O)C(C)(C)c1ccc(OC(F)(F)F)cc1)C(=O)O. The van der Waals surface area contributed by atoms with Crippen LogP contribution < -0.4 is 10.1 Å². The Morgan fingerprint density at radius 1 is 1.24 bits per heavy atom. The number of nitrogens with one attached hydrogen (secondary N) is 1. The van der Waals surface area contributed by atoms with Crippen LogP contribution in [0.3, 0.4) is 0 Å². The zero-order valence-corrected chi connectivity index (χ0v) is 14.1. The van der Waals surface area contributed by atoms with E-state index in [0.717, 1.165) is 12.1 Å². The number of aliphatic carboxylic acids is 1. The predicted octanol–water partition coefficient (Wildman–Crippen LogP) is 3.40. The Balaban J connectivity index is 2.91. The van der Waals surface area contributed by atoms with Crippen molar-refractivity contribution >= 4 is 11.9 Å². The van der Waals surface area contributed by atoms with Crippen molar-refractivity contribution < 1.29 is 32.6 Å². The monoisotopic (exact) mass is 359 g/mol. The molecule has 1 unspecified atom stereocenters. The number of carboxylic acids is 1. The van der Waals surface area contributed by atoms with E-state index >= 15 is 0 Å². The van der Waals surface area contributed by atoms with E-state index in [1.165, 1.54) is 12.1 Å². The van der Waals surface area contributed by atoms with Gasteiger partial charge in [-0.25, -0.2) is 4.79 Å². The lowest BCUT2D eigenvalue weighted by molar-refractivity contribution is -0.274. The molecule has 0 fully saturated rings. The van der Waals surface area contributed by atoms with E-state index in [0.29, 0.717) is 5.56 Å². The molecule has 0 radical (unpaired) electrons. The van der Waals surface area contributed by atoms with Crippen molar-refractivity contribution in [1.29, 1.82) is 0 Å². The van der Waals surface area contributed by atoms with Gasteiger partial charge in [-0.05, 0) is 44.9 Å². The first-order chi connectivity index (χ1) is 11.5. The quantitative estimate of drug-likeness (QED) is 0.732. The first-order valence-electron chi connectivity index (χ1n) is 7.48. The molecule has 0 aromatic heterocycles. The topological polar surface area (TPSA) is 75.6 Å². The summed E-state index contributed by atoms with van der Waals surface area (Å²) in [5, 5.41) is 11.6. The second-order valence-corrected chi connectivity index (χ2v) is 5.87. The number of allylic oxidation sites excluding steroid dienone is 1. The molecule has 1 atom stereocenters. The lowest BCUT2D eigenvalue weighted by Crippen LogP contribution is -2.48. The molecule has 1 aromatic rings. The third-order valence-electron chi connectivity index (χ3n) is 3.59. The van der Waals surface area contributed by atoms with Crippen LogP contribution in [0.15, 0.2) is 36.4 Å². The maximum absolute atomic E-state index is 12.4. The molecule has 0 saturated carbocycles. The zero-order chi connectivity index (χ0) is 19.3. The lowest BCUT2D eigenvalue weighted by atomic mass is 9.83. The number of benzene rings is 1. The fourth-order valence-corrected chi connectivity index (χ4v) is 2.04. The summed E-state index contributed by atoms with van der Waals surface area (Å²) in [5.41, 5.74) is -0.713. The van der Waals surface area contributed by atoms with Gasteiger partial charge in [-0.15, -0.1) is 13.2 Å². The fourth-order valence-electron chi connectivity index (χ4n) is 2.04. The number of carbonyl (C=O) groups excluding carboxylic acids is 1. The van der Waals surface area contributed by atoms with Crippen LogP contribution >= 0.6 is 0 Å². The van der Waals surface area contributed by atoms with E-state index < -0.39 is 35.4 Å². The molecule has 2 N–H and O–H groups in total. The molecule has 8 heteroatoms. The van der Waals surface area contributed by atoms with Crippen LogP contribution in [0, 0.1) is 0 Å². The molecule has 25 heavy (non-hydrogen) atoms. The molecular formula is C17H20F3NO4. The highest BCUT2D eigenvalue weighted by Gasteiger charge is 2.34. The van der Waals surface area contributed by atoms with Gasteiger partial charge in [0.25, 0.3) is 0 Å². The number of rotatable bonds is 7. The van der Waals surface area contributed by atoms with Crippen LogP contribution in [-0.4, -0.2) is 29.4 Å². The Hall–Kier alpha value is -2.51. The van der Waals surface area contributed by atoms with Gasteiger partial charge in [-0.2, -0.15) is 0 Å². The van der Waals surface area contributed by atoms with E-state index in [9.17, 15) is 22.8 Å².